The summed E-state index contributed by atoms with van der Waals surface area (Å²) in [4.78, 5) is 11.7. The van der Waals surface area contributed by atoms with E-state index in [0.717, 1.165) is 0 Å². The van der Waals surface area contributed by atoms with Gasteiger partial charge >= 0.3 is 5.56 Å². The Bertz CT molecular complexity index is 619. The third-order valence-corrected chi connectivity index (χ3v) is 2.34. The topological polar surface area (TPSA) is 53.4 Å². The summed E-state index contributed by atoms with van der Waals surface area (Å²) in [7, 11) is 1.56. The fourth-order valence-corrected chi connectivity index (χ4v) is 1.52. The summed E-state index contributed by atoms with van der Waals surface area (Å²) in [5, 5.41) is 3.86. The Morgan fingerprint density at radius 1 is 1.12 bits per heavy atom. The SMILES string of the molecule is Cn1ncc2c(c1=O)Oc1ccccc1O2. The maximum atomic E-state index is 11.7. The van der Waals surface area contributed by atoms with Gasteiger partial charge in [0.05, 0.1) is 6.20 Å². The van der Waals surface area contributed by atoms with Gasteiger partial charge in [-0.05, 0) is 12.1 Å². The molecule has 1 aliphatic rings. The second-order valence-electron chi connectivity index (χ2n) is 3.42. The first-order valence-corrected chi connectivity index (χ1v) is 4.77. The Kier molecular flexibility index (Phi) is 1.73. The monoisotopic (exact) mass is 216 g/mol. The number of hydrogen-bond acceptors (Lipinski definition) is 4. The van der Waals surface area contributed by atoms with Gasteiger partial charge in [-0.2, -0.15) is 5.10 Å². The van der Waals surface area contributed by atoms with Crippen LogP contribution >= 0.6 is 0 Å². The van der Waals surface area contributed by atoms with E-state index in [9.17, 15) is 4.79 Å². The Hall–Kier alpha value is -2.30. The first-order chi connectivity index (χ1) is 7.75. The first-order valence-electron chi connectivity index (χ1n) is 4.77. The molecule has 0 fully saturated rings. The third-order valence-electron chi connectivity index (χ3n) is 2.34. The van der Waals surface area contributed by atoms with Crippen LogP contribution in [0.5, 0.6) is 23.0 Å². The second kappa shape index (κ2) is 3.10. The molecule has 0 amide bonds. The Balaban J connectivity index is 2.20. The lowest BCUT2D eigenvalue weighted by Crippen LogP contribution is -2.22. The van der Waals surface area contributed by atoms with Gasteiger partial charge in [0.2, 0.25) is 5.75 Å². The molecular weight excluding hydrogens is 208 g/mol. The summed E-state index contributed by atoms with van der Waals surface area (Å²) < 4.78 is 12.2. The second-order valence-corrected chi connectivity index (χ2v) is 3.42. The molecule has 0 saturated carbocycles. The van der Waals surface area contributed by atoms with Gasteiger partial charge in [-0.3, -0.25) is 4.79 Å². The van der Waals surface area contributed by atoms with Crippen molar-refractivity contribution in [2.24, 2.45) is 7.05 Å². The molecule has 5 nitrogen and oxygen atoms in total. The van der Waals surface area contributed by atoms with Crippen LogP contribution in [-0.2, 0) is 7.05 Å². The van der Waals surface area contributed by atoms with E-state index in [4.69, 9.17) is 9.47 Å². The zero-order valence-corrected chi connectivity index (χ0v) is 8.51. The number of aryl methyl sites for hydroxylation is 1. The Morgan fingerprint density at radius 3 is 2.56 bits per heavy atom. The van der Waals surface area contributed by atoms with E-state index in [-0.39, 0.29) is 11.3 Å². The molecule has 2 heterocycles. The van der Waals surface area contributed by atoms with Gasteiger partial charge in [0, 0.05) is 7.05 Å². The van der Waals surface area contributed by atoms with Crippen LogP contribution in [0.2, 0.25) is 0 Å². The molecule has 5 heteroatoms. The molecule has 0 aliphatic carbocycles. The van der Waals surface area contributed by atoms with E-state index in [2.05, 4.69) is 5.10 Å². The van der Waals surface area contributed by atoms with Crippen molar-refractivity contribution in [1.29, 1.82) is 0 Å². The molecule has 0 saturated heterocycles. The highest BCUT2D eigenvalue weighted by atomic mass is 16.6. The maximum Gasteiger partial charge on any atom is 0.313 e. The molecule has 0 atom stereocenters. The van der Waals surface area contributed by atoms with Crippen LogP contribution < -0.4 is 15.0 Å². The number of ether oxygens (including phenoxy) is 2. The third kappa shape index (κ3) is 1.18. The molecular formula is C11H8N2O3. The van der Waals surface area contributed by atoms with Crippen LogP contribution in [0.25, 0.3) is 0 Å². The number of rotatable bonds is 0. The van der Waals surface area contributed by atoms with Crippen LogP contribution in [0.1, 0.15) is 0 Å². The fraction of sp³-hybridized carbons (Fsp3) is 0.0909. The van der Waals surface area contributed by atoms with Gasteiger partial charge in [0.15, 0.2) is 17.2 Å². The molecule has 0 radical (unpaired) electrons. The fourth-order valence-electron chi connectivity index (χ4n) is 1.52. The van der Waals surface area contributed by atoms with Gasteiger partial charge in [-0.15, -0.1) is 0 Å². The minimum absolute atomic E-state index is 0.177. The van der Waals surface area contributed by atoms with Crippen LogP contribution in [-0.4, -0.2) is 9.78 Å². The molecule has 2 aromatic rings. The van der Waals surface area contributed by atoms with Crippen LogP contribution in [0, 0.1) is 0 Å². The predicted octanol–water partition coefficient (Wildman–Crippen LogP) is 1.68. The van der Waals surface area contributed by atoms with E-state index in [1.807, 2.05) is 12.1 Å². The van der Waals surface area contributed by atoms with Crippen molar-refractivity contribution in [2.75, 3.05) is 0 Å². The van der Waals surface area contributed by atoms with Gasteiger partial charge in [0.1, 0.15) is 0 Å². The molecule has 0 unspecified atom stereocenters. The van der Waals surface area contributed by atoms with Crippen LogP contribution in [0.3, 0.4) is 0 Å². The lowest BCUT2D eigenvalue weighted by Gasteiger charge is -2.19. The Labute approximate surface area is 90.9 Å². The quantitative estimate of drug-likeness (QED) is 0.573. The smallest absolute Gasteiger partial charge is 0.313 e. The molecule has 80 valence electrons. The van der Waals surface area contributed by atoms with Crippen molar-refractivity contribution < 1.29 is 9.47 Å². The van der Waals surface area contributed by atoms with Gasteiger partial charge in [0.25, 0.3) is 0 Å². The van der Waals surface area contributed by atoms with E-state index in [1.165, 1.54) is 10.9 Å². The zero-order chi connectivity index (χ0) is 11.1. The number of nitrogens with zero attached hydrogens (tertiary/aromatic N) is 2. The van der Waals surface area contributed by atoms with E-state index >= 15 is 0 Å². The van der Waals surface area contributed by atoms with E-state index < -0.39 is 0 Å². The van der Waals surface area contributed by atoms with E-state index in [1.54, 1.807) is 19.2 Å². The van der Waals surface area contributed by atoms with Crippen LogP contribution in [0.4, 0.5) is 0 Å². The average molecular weight is 216 g/mol. The summed E-state index contributed by atoms with van der Waals surface area (Å²) >= 11 is 0. The maximum absolute atomic E-state index is 11.7. The predicted molar refractivity (Wildman–Crippen MR) is 56.1 cm³/mol. The highest BCUT2D eigenvalue weighted by molar-refractivity contribution is 5.52. The first kappa shape index (κ1) is 8.96. The zero-order valence-electron chi connectivity index (χ0n) is 8.51. The molecule has 16 heavy (non-hydrogen) atoms. The molecule has 3 rings (SSSR count). The highest BCUT2D eigenvalue weighted by Gasteiger charge is 2.22. The molecule has 0 spiro atoms. The number of para-hydroxylation sites is 2. The lowest BCUT2D eigenvalue weighted by atomic mass is 10.3. The highest BCUT2D eigenvalue weighted by Crippen LogP contribution is 2.42. The van der Waals surface area contributed by atoms with Crippen molar-refractivity contribution in [3.63, 3.8) is 0 Å². The molecule has 0 bridgehead atoms. The summed E-state index contributed by atoms with van der Waals surface area (Å²) in [5.41, 5.74) is -0.313. The molecule has 1 aliphatic heterocycles. The summed E-state index contributed by atoms with van der Waals surface area (Å²) in [6.07, 6.45) is 1.46. The number of hydrogen-bond donors (Lipinski definition) is 0. The number of benzene rings is 1. The van der Waals surface area contributed by atoms with Crippen molar-refractivity contribution in [2.45, 2.75) is 0 Å². The van der Waals surface area contributed by atoms with Crippen LogP contribution in [0.15, 0.2) is 35.3 Å². The molecule has 0 N–H and O–H groups in total. The van der Waals surface area contributed by atoms with E-state index in [0.29, 0.717) is 17.2 Å². The average Bonchev–Trinajstić information content (AvgIpc) is 2.32. The van der Waals surface area contributed by atoms with Crippen molar-refractivity contribution in [1.82, 2.24) is 9.78 Å². The van der Waals surface area contributed by atoms with Gasteiger partial charge in [-0.1, -0.05) is 12.1 Å². The summed E-state index contributed by atoms with van der Waals surface area (Å²) in [6, 6.07) is 7.18. The largest absolute Gasteiger partial charge is 0.448 e. The standard InChI is InChI=1S/C11H8N2O3/c1-13-11(14)10-9(6-12-13)15-7-4-2-3-5-8(7)16-10/h2-6H,1H3. The minimum Gasteiger partial charge on any atom is -0.448 e. The summed E-state index contributed by atoms with van der Waals surface area (Å²) in [6.45, 7) is 0. The molecule has 1 aromatic heterocycles. The van der Waals surface area contributed by atoms with Crippen molar-refractivity contribution in [3.05, 3.63) is 40.8 Å². The lowest BCUT2D eigenvalue weighted by molar-refractivity contribution is 0.346. The summed E-state index contributed by atoms with van der Waals surface area (Å²) in [5.74, 6) is 1.65. The molecule has 1 aromatic carbocycles. The Morgan fingerprint density at radius 2 is 1.81 bits per heavy atom. The number of aromatic nitrogens is 2. The van der Waals surface area contributed by atoms with Gasteiger partial charge < -0.3 is 9.47 Å². The van der Waals surface area contributed by atoms with Gasteiger partial charge in [-0.25, -0.2) is 4.68 Å². The minimum atomic E-state index is -0.313. The number of fused-ring (bicyclic) bond motifs is 2. The van der Waals surface area contributed by atoms with Crippen molar-refractivity contribution in [3.8, 4) is 23.0 Å². The normalized spacial score (nSPS) is 12.1. The van der Waals surface area contributed by atoms with Crippen molar-refractivity contribution >= 4 is 0 Å².